The summed E-state index contributed by atoms with van der Waals surface area (Å²) in [6.45, 7) is 4.81. The van der Waals surface area contributed by atoms with Crippen LogP contribution in [0.3, 0.4) is 0 Å². The first-order valence-corrected chi connectivity index (χ1v) is 19.0. The van der Waals surface area contributed by atoms with Gasteiger partial charge in [0.2, 0.25) is 0 Å². The summed E-state index contributed by atoms with van der Waals surface area (Å²) in [5.41, 5.74) is 13.1. The second kappa shape index (κ2) is 11.0. The lowest BCUT2D eigenvalue weighted by molar-refractivity contribution is 0.661. The predicted octanol–water partition coefficient (Wildman–Crippen LogP) is 14.8. The van der Waals surface area contributed by atoms with Crippen LogP contribution in [0.2, 0.25) is 0 Å². The van der Waals surface area contributed by atoms with Crippen LogP contribution in [0.5, 0.6) is 0 Å². The molecule has 1 aliphatic carbocycles. The fourth-order valence-corrected chi connectivity index (χ4v) is 10.4. The number of hydrogen-bond donors (Lipinski definition) is 0. The van der Waals surface area contributed by atoms with Crippen LogP contribution in [0.1, 0.15) is 25.0 Å². The molecule has 0 radical (unpaired) electrons. The smallest absolute Gasteiger partial charge is 0.0440 e. The van der Waals surface area contributed by atoms with Gasteiger partial charge in [0.25, 0.3) is 0 Å². The van der Waals surface area contributed by atoms with E-state index < -0.39 is 0 Å². The second-order valence-corrected chi connectivity index (χ2v) is 15.9. The summed E-state index contributed by atoms with van der Waals surface area (Å²) in [5.74, 6) is 0. The van der Waals surface area contributed by atoms with E-state index in [4.69, 9.17) is 0 Å². The van der Waals surface area contributed by atoms with Crippen LogP contribution < -0.4 is 0 Å². The molecular formula is C51H34S. The van der Waals surface area contributed by atoms with Crippen LogP contribution in [-0.4, -0.2) is 0 Å². The molecule has 52 heavy (non-hydrogen) atoms. The molecule has 1 heteroatoms. The largest absolute Gasteiger partial charge is 0.135 e. The summed E-state index contributed by atoms with van der Waals surface area (Å²) >= 11 is 1.94. The Morgan fingerprint density at radius 2 is 0.981 bits per heavy atom. The van der Waals surface area contributed by atoms with E-state index in [0.717, 1.165) is 0 Å². The van der Waals surface area contributed by atoms with E-state index in [0.29, 0.717) is 0 Å². The lowest BCUT2D eigenvalue weighted by atomic mass is 9.79. The van der Waals surface area contributed by atoms with Gasteiger partial charge in [-0.05, 0) is 107 Å². The maximum absolute atomic E-state index is 2.56. The number of fused-ring (bicyclic) bond motifs is 10. The Kier molecular flexibility index (Phi) is 6.27. The van der Waals surface area contributed by atoms with Gasteiger partial charge in [-0.2, -0.15) is 0 Å². The van der Waals surface area contributed by atoms with Gasteiger partial charge in [0.05, 0.1) is 0 Å². The number of rotatable bonds is 3. The Balaban J connectivity index is 1.23. The maximum Gasteiger partial charge on any atom is 0.0440 e. The molecule has 1 aliphatic rings. The minimum Gasteiger partial charge on any atom is -0.135 e. The average molecular weight is 679 g/mol. The SMILES string of the molecule is CC1(C)c2ccccc2-c2c1cc(-c1c3ccccc3c(-c3cccc(-c4ccc5ccccc5c4)c3)c3ccccc13)c1sc3ccccc3c21. The molecule has 10 aromatic rings. The van der Waals surface area contributed by atoms with Gasteiger partial charge in [0, 0.05) is 31.2 Å². The number of thiophene rings is 1. The van der Waals surface area contributed by atoms with Gasteiger partial charge < -0.3 is 0 Å². The molecule has 0 unspecified atom stereocenters. The van der Waals surface area contributed by atoms with Crippen LogP contribution in [0.4, 0.5) is 0 Å². The van der Waals surface area contributed by atoms with Crippen molar-refractivity contribution in [2.75, 3.05) is 0 Å². The topological polar surface area (TPSA) is 0 Å². The highest BCUT2D eigenvalue weighted by atomic mass is 32.1. The molecule has 0 bridgehead atoms. The van der Waals surface area contributed by atoms with Gasteiger partial charge in [-0.3, -0.25) is 0 Å². The van der Waals surface area contributed by atoms with E-state index in [1.807, 2.05) is 11.3 Å². The molecule has 11 rings (SSSR count). The summed E-state index contributed by atoms with van der Waals surface area (Å²) in [4.78, 5) is 0. The normalized spacial score (nSPS) is 13.3. The minimum absolute atomic E-state index is 0.118. The molecule has 0 amide bonds. The van der Waals surface area contributed by atoms with Crippen LogP contribution in [0.15, 0.2) is 170 Å². The minimum atomic E-state index is -0.118. The van der Waals surface area contributed by atoms with Crippen molar-refractivity contribution in [3.8, 4) is 44.5 Å². The van der Waals surface area contributed by atoms with Gasteiger partial charge in [-0.25, -0.2) is 0 Å². The van der Waals surface area contributed by atoms with Gasteiger partial charge in [-0.1, -0.05) is 159 Å². The summed E-state index contributed by atoms with van der Waals surface area (Å²) in [7, 11) is 0. The van der Waals surface area contributed by atoms with Crippen molar-refractivity contribution < 1.29 is 0 Å². The molecule has 0 N–H and O–H groups in total. The molecule has 0 atom stereocenters. The Labute approximate surface area is 307 Å². The summed E-state index contributed by atoms with van der Waals surface area (Å²) in [6, 6.07) is 63.4. The highest BCUT2D eigenvalue weighted by Crippen LogP contribution is 2.57. The van der Waals surface area contributed by atoms with E-state index in [2.05, 4.69) is 184 Å². The fourth-order valence-electron chi connectivity index (χ4n) is 9.20. The first kappa shape index (κ1) is 29.7. The third-order valence-electron chi connectivity index (χ3n) is 11.6. The Morgan fingerprint density at radius 3 is 1.75 bits per heavy atom. The van der Waals surface area contributed by atoms with Crippen molar-refractivity contribution in [3.05, 3.63) is 181 Å². The molecule has 9 aromatic carbocycles. The van der Waals surface area contributed by atoms with Crippen molar-refractivity contribution in [2.24, 2.45) is 0 Å². The Morgan fingerprint density at radius 1 is 0.385 bits per heavy atom. The number of hydrogen-bond acceptors (Lipinski definition) is 1. The van der Waals surface area contributed by atoms with Crippen LogP contribution in [0.25, 0.3) is 97.0 Å². The molecular weight excluding hydrogens is 645 g/mol. The van der Waals surface area contributed by atoms with E-state index in [-0.39, 0.29) is 5.41 Å². The fraction of sp³-hybridized carbons (Fsp3) is 0.0588. The monoisotopic (exact) mass is 678 g/mol. The van der Waals surface area contributed by atoms with E-state index in [9.17, 15) is 0 Å². The van der Waals surface area contributed by atoms with E-state index in [1.165, 1.54) is 108 Å². The van der Waals surface area contributed by atoms with Crippen LogP contribution in [0, 0.1) is 0 Å². The third kappa shape index (κ3) is 4.15. The van der Waals surface area contributed by atoms with Crippen molar-refractivity contribution in [2.45, 2.75) is 19.3 Å². The summed E-state index contributed by atoms with van der Waals surface area (Å²) in [6.07, 6.45) is 0. The van der Waals surface area contributed by atoms with Crippen LogP contribution in [-0.2, 0) is 5.41 Å². The highest BCUT2D eigenvalue weighted by Gasteiger charge is 2.38. The maximum atomic E-state index is 2.56. The van der Waals surface area contributed by atoms with Gasteiger partial charge in [0.15, 0.2) is 0 Å². The molecule has 1 aromatic heterocycles. The molecule has 1 heterocycles. The van der Waals surface area contributed by atoms with Gasteiger partial charge >= 0.3 is 0 Å². The first-order chi connectivity index (χ1) is 25.6. The highest BCUT2D eigenvalue weighted by molar-refractivity contribution is 7.26. The molecule has 0 nitrogen and oxygen atoms in total. The van der Waals surface area contributed by atoms with E-state index >= 15 is 0 Å². The quantitative estimate of drug-likeness (QED) is 0.163. The standard InChI is InChI=1S/C51H34S/c1-51(2)43-24-11-9-22-40(43)48-44(51)30-42(50-49(48)41-23-10-12-25-45(41)52-50)47-38-20-7-5-18-36(38)46(37-19-6-8-21-39(37)47)35-17-13-16-33(29-35)34-27-26-31-14-3-4-15-32(31)28-34/h3-30H,1-2H3. The Bertz CT molecular complexity index is 3040. The molecule has 0 saturated carbocycles. The van der Waals surface area contributed by atoms with Crippen molar-refractivity contribution >= 4 is 63.8 Å². The van der Waals surface area contributed by atoms with E-state index in [1.54, 1.807) is 0 Å². The molecule has 0 spiro atoms. The van der Waals surface area contributed by atoms with Crippen molar-refractivity contribution in [1.29, 1.82) is 0 Å². The summed E-state index contributed by atoms with van der Waals surface area (Å²) in [5, 5.41) is 10.4. The molecule has 0 aliphatic heterocycles. The predicted molar refractivity (Wildman–Crippen MR) is 226 cm³/mol. The average Bonchev–Trinajstić information content (AvgIpc) is 3.69. The van der Waals surface area contributed by atoms with Crippen LogP contribution >= 0.6 is 11.3 Å². The lowest BCUT2D eigenvalue weighted by Gasteiger charge is -2.23. The second-order valence-electron chi connectivity index (χ2n) is 14.8. The van der Waals surface area contributed by atoms with Crippen molar-refractivity contribution in [3.63, 3.8) is 0 Å². The zero-order chi connectivity index (χ0) is 34.6. The molecule has 0 fully saturated rings. The van der Waals surface area contributed by atoms with Crippen molar-refractivity contribution in [1.82, 2.24) is 0 Å². The number of benzene rings is 9. The van der Waals surface area contributed by atoms with Gasteiger partial charge in [0.1, 0.15) is 0 Å². The molecule has 0 saturated heterocycles. The zero-order valence-corrected chi connectivity index (χ0v) is 29.9. The Hall–Kier alpha value is -6.02. The zero-order valence-electron chi connectivity index (χ0n) is 29.1. The third-order valence-corrected chi connectivity index (χ3v) is 12.8. The van der Waals surface area contributed by atoms with Gasteiger partial charge in [-0.15, -0.1) is 11.3 Å². The summed E-state index contributed by atoms with van der Waals surface area (Å²) < 4.78 is 2.71. The first-order valence-electron chi connectivity index (χ1n) is 18.2. The molecule has 244 valence electrons. The lowest BCUT2D eigenvalue weighted by Crippen LogP contribution is -2.15.